The highest BCUT2D eigenvalue weighted by atomic mass is 32.2. The van der Waals surface area contributed by atoms with Gasteiger partial charge in [-0.05, 0) is 41.5 Å². The van der Waals surface area contributed by atoms with E-state index in [2.05, 4.69) is 16.4 Å². The molecule has 2 atom stereocenters. The van der Waals surface area contributed by atoms with Crippen molar-refractivity contribution in [3.8, 4) is 5.75 Å². The van der Waals surface area contributed by atoms with Crippen LogP contribution >= 0.6 is 0 Å². The van der Waals surface area contributed by atoms with Crippen molar-refractivity contribution >= 4 is 27.6 Å². The summed E-state index contributed by atoms with van der Waals surface area (Å²) >= 11 is 0. The van der Waals surface area contributed by atoms with Crippen LogP contribution in [0.4, 0.5) is 0 Å². The summed E-state index contributed by atoms with van der Waals surface area (Å²) in [5, 5.41) is 4.20. The van der Waals surface area contributed by atoms with Crippen LogP contribution in [0.2, 0.25) is 0 Å². The Morgan fingerprint density at radius 2 is 1.75 bits per heavy atom. The largest absolute Gasteiger partial charge is 0.497 e. The number of rotatable bonds is 8. The fourth-order valence-electron chi connectivity index (χ4n) is 3.92. The van der Waals surface area contributed by atoms with Gasteiger partial charge in [-0.3, -0.25) is 9.00 Å². The van der Waals surface area contributed by atoms with Crippen molar-refractivity contribution in [3.05, 3.63) is 95.7 Å². The van der Waals surface area contributed by atoms with E-state index in [1.807, 2.05) is 61.7 Å². The quantitative estimate of drug-likeness (QED) is 0.406. The Morgan fingerprint density at radius 1 is 1.03 bits per heavy atom. The molecule has 2 unspecified atom stereocenters. The zero-order valence-corrected chi connectivity index (χ0v) is 18.9. The average Bonchev–Trinajstić information content (AvgIpc) is 3.28. The number of hydrogen-bond donors (Lipinski definition) is 2. The summed E-state index contributed by atoms with van der Waals surface area (Å²) in [5.74, 6) is 0.964. The molecule has 6 heteroatoms. The smallest absolute Gasteiger partial charge is 0.252 e. The molecule has 32 heavy (non-hydrogen) atoms. The summed E-state index contributed by atoms with van der Waals surface area (Å²) in [6, 6.07) is 23.1. The molecular weight excluding hydrogens is 420 g/mol. The van der Waals surface area contributed by atoms with Gasteiger partial charge in [-0.1, -0.05) is 49.4 Å². The van der Waals surface area contributed by atoms with Crippen LogP contribution in [0.5, 0.6) is 5.75 Å². The summed E-state index contributed by atoms with van der Waals surface area (Å²) in [7, 11) is 0.439. The van der Waals surface area contributed by atoms with E-state index in [1.54, 1.807) is 25.3 Å². The van der Waals surface area contributed by atoms with Crippen molar-refractivity contribution in [1.82, 2.24) is 10.3 Å². The van der Waals surface area contributed by atoms with Crippen LogP contribution in [-0.2, 0) is 10.8 Å². The highest BCUT2D eigenvalue weighted by Gasteiger charge is 2.21. The molecule has 5 nitrogen and oxygen atoms in total. The minimum Gasteiger partial charge on any atom is -0.497 e. The van der Waals surface area contributed by atoms with Crippen molar-refractivity contribution in [2.45, 2.75) is 17.7 Å². The Kier molecular flexibility index (Phi) is 6.71. The second-order valence-electron chi connectivity index (χ2n) is 7.46. The van der Waals surface area contributed by atoms with Crippen LogP contribution in [0.1, 0.15) is 34.3 Å². The average molecular weight is 447 g/mol. The zero-order valence-electron chi connectivity index (χ0n) is 18.1. The fraction of sp³-hybridized carbons (Fsp3) is 0.192. The van der Waals surface area contributed by atoms with Crippen LogP contribution in [-0.4, -0.2) is 34.5 Å². The van der Waals surface area contributed by atoms with Crippen molar-refractivity contribution in [2.24, 2.45) is 0 Å². The number of benzene rings is 3. The topological polar surface area (TPSA) is 71.2 Å². The summed E-state index contributed by atoms with van der Waals surface area (Å²) in [5.41, 5.74) is 3.69. The number of fused-ring (bicyclic) bond motifs is 1. The summed E-state index contributed by atoms with van der Waals surface area (Å²) in [6.45, 7) is 2.25. The summed E-state index contributed by atoms with van der Waals surface area (Å²) in [6.07, 6.45) is 2.01. The predicted octanol–water partition coefficient (Wildman–Crippen LogP) is 4.87. The highest BCUT2D eigenvalue weighted by Crippen LogP contribution is 2.31. The zero-order chi connectivity index (χ0) is 22.5. The Labute approximate surface area is 190 Å². The molecule has 0 bridgehead atoms. The molecule has 4 rings (SSSR count). The molecule has 1 aromatic heterocycles. The number of nitrogens with one attached hydrogen (secondary N) is 2. The molecule has 1 heterocycles. The molecule has 0 aliphatic heterocycles. The lowest BCUT2D eigenvalue weighted by molar-refractivity contribution is 0.0949. The Bertz CT molecular complexity index is 1250. The number of amides is 1. The molecular formula is C26H26N2O3S. The number of carbonyl (C=O) groups excluding carboxylic acids is 1. The SMILES string of the molecule is CCS(=O)c1ccccc1C(=O)NCC(c1ccc(OC)cc1)c1c[nH]c2ccccc12. The van der Waals surface area contributed by atoms with Crippen molar-refractivity contribution in [2.75, 3.05) is 19.4 Å². The molecule has 164 valence electrons. The van der Waals surface area contributed by atoms with Crippen molar-refractivity contribution in [3.63, 3.8) is 0 Å². The van der Waals surface area contributed by atoms with Gasteiger partial charge in [0.2, 0.25) is 0 Å². The van der Waals surface area contributed by atoms with Gasteiger partial charge in [0, 0.05) is 35.3 Å². The number of methoxy groups -OCH3 is 1. The van der Waals surface area contributed by atoms with E-state index in [1.165, 1.54) is 0 Å². The molecule has 0 aliphatic carbocycles. The van der Waals surface area contributed by atoms with E-state index in [0.29, 0.717) is 22.8 Å². The molecule has 0 saturated heterocycles. The first-order chi connectivity index (χ1) is 15.6. The Hall–Kier alpha value is -3.38. The van der Waals surface area contributed by atoms with E-state index in [9.17, 15) is 9.00 Å². The molecule has 3 aromatic carbocycles. The second kappa shape index (κ2) is 9.83. The third kappa shape index (κ3) is 4.46. The predicted molar refractivity (Wildman–Crippen MR) is 129 cm³/mol. The molecule has 2 N–H and O–H groups in total. The van der Waals surface area contributed by atoms with E-state index < -0.39 is 10.8 Å². The number of ether oxygens (including phenoxy) is 1. The van der Waals surface area contributed by atoms with Gasteiger partial charge in [0.15, 0.2) is 0 Å². The van der Waals surface area contributed by atoms with Gasteiger partial charge < -0.3 is 15.0 Å². The minimum absolute atomic E-state index is 0.0650. The van der Waals surface area contributed by atoms with Gasteiger partial charge in [0.05, 0.1) is 28.4 Å². The molecule has 4 aromatic rings. The lowest BCUT2D eigenvalue weighted by atomic mass is 9.90. The maximum absolute atomic E-state index is 13.1. The first kappa shape index (κ1) is 21.8. The molecule has 0 saturated carbocycles. The van der Waals surface area contributed by atoms with Gasteiger partial charge in [0.1, 0.15) is 5.75 Å². The molecule has 0 fully saturated rings. The van der Waals surface area contributed by atoms with Crippen molar-refractivity contribution in [1.29, 1.82) is 0 Å². The van der Waals surface area contributed by atoms with E-state index in [4.69, 9.17) is 4.74 Å². The van der Waals surface area contributed by atoms with Crippen LogP contribution in [0, 0.1) is 0 Å². The number of carbonyl (C=O) groups is 1. The monoisotopic (exact) mass is 446 g/mol. The first-order valence-corrected chi connectivity index (χ1v) is 11.9. The maximum Gasteiger partial charge on any atom is 0.252 e. The van der Waals surface area contributed by atoms with E-state index >= 15 is 0 Å². The Morgan fingerprint density at radius 3 is 2.50 bits per heavy atom. The number of para-hydroxylation sites is 1. The van der Waals surface area contributed by atoms with Crippen molar-refractivity contribution < 1.29 is 13.7 Å². The van der Waals surface area contributed by atoms with E-state index in [-0.39, 0.29) is 11.8 Å². The lowest BCUT2D eigenvalue weighted by Gasteiger charge is -2.19. The summed E-state index contributed by atoms with van der Waals surface area (Å²) in [4.78, 5) is 17.0. The van der Waals surface area contributed by atoms with Crippen LogP contribution < -0.4 is 10.1 Å². The van der Waals surface area contributed by atoms with Crippen LogP contribution in [0.3, 0.4) is 0 Å². The number of aromatic amines is 1. The van der Waals surface area contributed by atoms with E-state index in [0.717, 1.165) is 27.8 Å². The van der Waals surface area contributed by atoms with Gasteiger partial charge in [0.25, 0.3) is 5.91 Å². The molecule has 1 amide bonds. The van der Waals surface area contributed by atoms with Crippen LogP contribution in [0.15, 0.2) is 83.9 Å². The summed E-state index contributed by atoms with van der Waals surface area (Å²) < 4.78 is 17.7. The number of hydrogen-bond acceptors (Lipinski definition) is 3. The molecule has 0 aliphatic rings. The first-order valence-electron chi connectivity index (χ1n) is 10.6. The standard InChI is InChI=1S/C26H26N2O3S/c1-3-32(30)25-11-7-5-9-21(25)26(29)28-16-22(18-12-14-19(31-2)15-13-18)23-17-27-24-10-6-4-8-20(23)24/h4-15,17,22,27H,3,16H2,1-2H3,(H,28,29). The lowest BCUT2D eigenvalue weighted by Crippen LogP contribution is -2.29. The number of aromatic nitrogens is 1. The van der Waals surface area contributed by atoms with Gasteiger partial charge >= 0.3 is 0 Å². The fourth-order valence-corrected chi connectivity index (χ4v) is 4.87. The minimum atomic E-state index is -1.20. The number of H-pyrrole nitrogens is 1. The molecule has 0 radical (unpaired) electrons. The normalized spacial score (nSPS) is 12.9. The van der Waals surface area contributed by atoms with Crippen LogP contribution in [0.25, 0.3) is 10.9 Å². The highest BCUT2D eigenvalue weighted by molar-refractivity contribution is 7.85. The Balaban J connectivity index is 1.66. The maximum atomic E-state index is 13.1. The third-order valence-electron chi connectivity index (χ3n) is 5.62. The van der Waals surface area contributed by atoms with Gasteiger partial charge in [-0.15, -0.1) is 0 Å². The van der Waals surface area contributed by atoms with Gasteiger partial charge in [-0.25, -0.2) is 0 Å². The third-order valence-corrected chi connectivity index (χ3v) is 6.99. The van der Waals surface area contributed by atoms with Gasteiger partial charge in [-0.2, -0.15) is 0 Å². The second-order valence-corrected chi connectivity index (χ2v) is 9.16. The molecule has 0 spiro atoms.